The van der Waals surface area contributed by atoms with Crippen molar-refractivity contribution in [3.8, 4) is 11.5 Å². The zero-order valence-corrected chi connectivity index (χ0v) is 13.6. The van der Waals surface area contributed by atoms with Crippen molar-refractivity contribution in [1.82, 2.24) is 0 Å². The number of rotatable bonds is 5. The Kier molecular flexibility index (Phi) is 4.11. The monoisotopic (exact) mass is 327 g/mol. The van der Waals surface area contributed by atoms with Gasteiger partial charge in [-0.15, -0.1) is 0 Å². The molecular weight excluding hydrogens is 306 g/mol. The van der Waals surface area contributed by atoms with Gasteiger partial charge in [-0.05, 0) is 37.8 Å². The number of hydrogen-bond donors (Lipinski definition) is 1. The minimum absolute atomic E-state index is 0.0304. The molecule has 3 nitrogen and oxygen atoms in total. The van der Waals surface area contributed by atoms with Gasteiger partial charge >= 0.3 is 0 Å². The molecule has 0 heterocycles. The van der Waals surface area contributed by atoms with E-state index in [1.165, 1.54) is 11.1 Å². The predicted molar refractivity (Wildman–Crippen MR) is 81.2 cm³/mol. The van der Waals surface area contributed by atoms with Gasteiger partial charge < -0.3 is 15.2 Å². The Balaban J connectivity index is 2.69. The summed E-state index contributed by atoms with van der Waals surface area (Å²) in [4.78, 5) is 0. The smallest absolute Gasteiger partial charge is 0.165 e. The van der Waals surface area contributed by atoms with Gasteiger partial charge in [-0.1, -0.05) is 22.9 Å². The largest absolute Gasteiger partial charge is 0.493 e. The minimum atomic E-state index is 0.0304. The third-order valence-corrected chi connectivity index (χ3v) is 5.13. The average Bonchev–Trinajstić information content (AvgIpc) is 3.19. The van der Waals surface area contributed by atoms with Crippen LogP contribution in [0.25, 0.3) is 0 Å². The second kappa shape index (κ2) is 5.33. The molecule has 0 aromatic heterocycles. The number of aryl methyl sites for hydroxylation is 1. The predicted octanol–water partition coefficient (Wildman–Crippen LogP) is 3.41. The molecule has 1 aromatic rings. The fraction of sp³-hybridized carbons (Fsp3) is 0.600. The van der Waals surface area contributed by atoms with Crippen LogP contribution in [-0.4, -0.2) is 20.3 Å². The summed E-state index contributed by atoms with van der Waals surface area (Å²) in [7, 11) is 3.37. The Morgan fingerprint density at radius 3 is 2.37 bits per heavy atom. The van der Waals surface area contributed by atoms with E-state index in [-0.39, 0.29) is 11.5 Å². The second-order valence-electron chi connectivity index (χ2n) is 5.26. The van der Waals surface area contributed by atoms with Gasteiger partial charge in [0, 0.05) is 21.5 Å². The van der Waals surface area contributed by atoms with Crippen LogP contribution >= 0.6 is 15.9 Å². The number of nitrogens with two attached hydrogens (primary N) is 1. The highest BCUT2D eigenvalue weighted by molar-refractivity contribution is 9.10. The van der Waals surface area contributed by atoms with E-state index < -0.39 is 0 Å². The normalized spacial score (nSPS) is 18.0. The molecule has 0 saturated heterocycles. The highest BCUT2D eigenvalue weighted by Gasteiger charge is 2.51. The molecule has 1 fully saturated rings. The van der Waals surface area contributed by atoms with Gasteiger partial charge in [0.05, 0.1) is 14.2 Å². The molecule has 1 atom stereocenters. The zero-order valence-electron chi connectivity index (χ0n) is 12.0. The molecule has 2 rings (SSSR count). The Morgan fingerprint density at radius 1 is 1.37 bits per heavy atom. The summed E-state index contributed by atoms with van der Waals surface area (Å²) < 4.78 is 12.2. The molecule has 1 aliphatic rings. The molecule has 19 heavy (non-hydrogen) atoms. The van der Waals surface area contributed by atoms with Gasteiger partial charge in [0.25, 0.3) is 0 Å². The fourth-order valence-electron chi connectivity index (χ4n) is 2.79. The number of methoxy groups -OCH3 is 2. The fourth-order valence-corrected chi connectivity index (χ4v) is 3.76. The van der Waals surface area contributed by atoms with Crippen molar-refractivity contribution >= 4 is 15.9 Å². The summed E-state index contributed by atoms with van der Waals surface area (Å²) in [5.74, 6) is 1.62. The first-order chi connectivity index (χ1) is 9.01. The molecule has 4 heteroatoms. The van der Waals surface area contributed by atoms with Gasteiger partial charge in [-0.2, -0.15) is 0 Å². The quantitative estimate of drug-likeness (QED) is 0.901. The molecule has 1 aliphatic carbocycles. The van der Waals surface area contributed by atoms with E-state index in [1.54, 1.807) is 14.2 Å². The van der Waals surface area contributed by atoms with E-state index in [1.807, 2.05) is 6.07 Å². The summed E-state index contributed by atoms with van der Waals surface area (Å²) in [6, 6.07) is 2.15. The molecule has 1 saturated carbocycles. The summed E-state index contributed by atoms with van der Waals surface area (Å²) >= 11 is 3.75. The Labute approximate surface area is 123 Å². The van der Waals surface area contributed by atoms with Gasteiger partial charge in [0.15, 0.2) is 11.5 Å². The number of hydrogen-bond acceptors (Lipinski definition) is 3. The van der Waals surface area contributed by atoms with E-state index in [2.05, 4.69) is 29.8 Å². The van der Waals surface area contributed by atoms with Crippen LogP contribution in [0.2, 0.25) is 0 Å². The van der Waals surface area contributed by atoms with Crippen LogP contribution in [0.1, 0.15) is 37.8 Å². The Bertz CT molecular complexity index is 482. The van der Waals surface area contributed by atoms with Crippen molar-refractivity contribution in [1.29, 1.82) is 0 Å². The van der Waals surface area contributed by atoms with Gasteiger partial charge in [-0.25, -0.2) is 0 Å². The maximum atomic E-state index is 6.22. The lowest BCUT2D eigenvalue weighted by Crippen LogP contribution is -2.32. The third kappa shape index (κ3) is 2.25. The van der Waals surface area contributed by atoms with Crippen LogP contribution in [0.15, 0.2) is 10.5 Å². The lowest BCUT2D eigenvalue weighted by atomic mass is 9.87. The third-order valence-electron chi connectivity index (χ3n) is 4.22. The molecule has 0 amide bonds. The van der Waals surface area contributed by atoms with E-state index in [0.717, 1.165) is 35.2 Å². The van der Waals surface area contributed by atoms with Crippen molar-refractivity contribution in [2.24, 2.45) is 5.73 Å². The van der Waals surface area contributed by atoms with Gasteiger partial charge in [-0.3, -0.25) is 0 Å². The van der Waals surface area contributed by atoms with E-state index in [9.17, 15) is 0 Å². The highest BCUT2D eigenvalue weighted by atomic mass is 79.9. The van der Waals surface area contributed by atoms with Crippen molar-refractivity contribution in [2.75, 3.05) is 14.2 Å². The highest BCUT2D eigenvalue weighted by Crippen LogP contribution is 2.58. The zero-order chi connectivity index (χ0) is 14.2. The van der Waals surface area contributed by atoms with E-state index >= 15 is 0 Å². The van der Waals surface area contributed by atoms with Crippen LogP contribution in [-0.2, 0) is 11.8 Å². The molecule has 106 valence electrons. The molecule has 1 unspecified atom stereocenters. The van der Waals surface area contributed by atoms with Gasteiger partial charge in [0.2, 0.25) is 0 Å². The van der Waals surface area contributed by atoms with E-state index in [4.69, 9.17) is 15.2 Å². The summed E-state index contributed by atoms with van der Waals surface area (Å²) in [6.45, 7) is 4.21. The molecule has 0 spiro atoms. The van der Waals surface area contributed by atoms with Crippen LogP contribution in [0.4, 0.5) is 0 Å². The van der Waals surface area contributed by atoms with Crippen molar-refractivity contribution in [2.45, 2.75) is 44.6 Å². The van der Waals surface area contributed by atoms with E-state index in [0.29, 0.717) is 0 Å². The summed E-state index contributed by atoms with van der Waals surface area (Å²) in [5, 5.41) is 0. The molecule has 0 aliphatic heterocycles. The van der Waals surface area contributed by atoms with Crippen LogP contribution in [0.3, 0.4) is 0 Å². The van der Waals surface area contributed by atoms with Crippen LogP contribution in [0.5, 0.6) is 11.5 Å². The maximum Gasteiger partial charge on any atom is 0.165 e. The lowest BCUT2D eigenvalue weighted by Gasteiger charge is -2.26. The number of halogens is 1. The van der Waals surface area contributed by atoms with Crippen molar-refractivity contribution in [3.63, 3.8) is 0 Å². The molecule has 2 N–H and O–H groups in total. The van der Waals surface area contributed by atoms with Crippen molar-refractivity contribution < 1.29 is 9.47 Å². The molecule has 0 bridgehead atoms. The average molecular weight is 328 g/mol. The van der Waals surface area contributed by atoms with Gasteiger partial charge in [0.1, 0.15) is 0 Å². The first-order valence-corrected chi connectivity index (χ1v) is 7.50. The Hall–Kier alpha value is -0.740. The topological polar surface area (TPSA) is 44.5 Å². The maximum absolute atomic E-state index is 6.22. The first-order valence-electron chi connectivity index (χ1n) is 6.71. The summed E-state index contributed by atoms with van der Waals surface area (Å²) in [5.41, 5.74) is 8.67. The number of benzene rings is 1. The first kappa shape index (κ1) is 14.7. The standard InChI is InChI=1S/C15H22BrNO2/c1-5-10-8-11(18-3)14(19-4)12(13(10)16)15(6-7-15)9(2)17/h8-9H,5-7,17H2,1-4H3. The van der Waals surface area contributed by atoms with Crippen LogP contribution in [0, 0.1) is 0 Å². The number of ether oxygens (including phenoxy) is 2. The minimum Gasteiger partial charge on any atom is -0.493 e. The Morgan fingerprint density at radius 2 is 2.00 bits per heavy atom. The lowest BCUT2D eigenvalue weighted by molar-refractivity contribution is 0.345. The SMILES string of the molecule is CCc1cc(OC)c(OC)c(C2(C(C)N)CC2)c1Br. The molecule has 0 radical (unpaired) electrons. The molecular formula is C15H22BrNO2. The molecule has 1 aromatic carbocycles. The summed E-state index contributed by atoms with van der Waals surface area (Å²) in [6.07, 6.45) is 3.16. The van der Waals surface area contributed by atoms with Crippen LogP contribution < -0.4 is 15.2 Å². The van der Waals surface area contributed by atoms with Crippen molar-refractivity contribution in [3.05, 3.63) is 21.7 Å². The second-order valence-corrected chi connectivity index (χ2v) is 6.05.